The smallest absolute Gasteiger partial charge is 0.326 e. The minimum absolute atomic E-state index is 0.0469. The van der Waals surface area contributed by atoms with Gasteiger partial charge in [0.05, 0.1) is 11.5 Å². The third-order valence-electron chi connectivity index (χ3n) is 5.75. The van der Waals surface area contributed by atoms with E-state index in [1.807, 2.05) is 0 Å². The first-order valence-electron chi connectivity index (χ1n) is 10.4. The Bertz CT molecular complexity index is 1320. The number of hydrogen-bond donors (Lipinski definition) is 1. The summed E-state index contributed by atoms with van der Waals surface area (Å²) in [4.78, 5) is 25.7. The van der Waals surface area contributed by atoms with Crippen molar-refractivity contribution in [3.05, 3.63) is 98.8 Å². The quantitative estimate of drug-likeness (QED) is 0.182. The number of hydrogen-bond acceptors (Lipinski definition) is 2. The van der Waals surface area contributed by atoms with Crippen LogP contribution in [0.3, 0.4) is 0 Å². The van der Waals surface area contributed by atoms with Gasteiger partial charge >= 0.3 is 6.18 Å². The summed E-state index contributed by atoms with van der Waals surface area (Å²) < 4.78 is 52.4. The Kier molecular flexibility index (Phi) is 7.32. The number of alkyl halides is 5. The predicted molar refractivity (Wildman–Crippen MR) is 132 cm³/mol. The molecule has 3 aromatic carbocycles. The van der Waals surface area contributed by atoms with Gasteiger partial charge in [0, 0.05) is 33.6 Å². The van der Waals surface area contributed by atoms with Gasteiger partial charge in [-0.1, -0.05) is 35.3 Å². The van der Waals surface area contributed by atoms with Crippen LogP contribution >= 0.6 is 46.4 Å². The molecule has 0 aliphatic heterocycles. The molecule has 2 atom stereocenters. The van der Waals surface area contributed by atoms with Crippen LogP contribution in [0.4, 0.5) is 23.2 Å². The average Bonchev–Trinajstić information content (AvgIpc) is 3.36. The molecule has 1 aliphatic carbocycles. The molecule has 1 aliphatic rings. The lowest BCUT2D eigenvalue weighted by molar-refractivity contribution is -0.137. The molecule has 0 saturated heterocycles. The fraction of sp³-hybridized carbons (Fsp3) is 0.200. The van der Waals surface area contributed by atoms with Crippen molar-refractivity contribution in [2.45, 2.75) is 22.8 Å². The van der Waals surface area contributed by atoms with Crippen molar-refractivity contribution in [1.29, 1.82) is 0 Å². The van der Waals surface area contributed by atoms with Gasteiger partial charge in [-0.05, 0) is 59.7 Å². The largest absolute Gasteiger partial charge is 0.417 e. The topological polar surface area (TPSA) is 46.2 Å². The summed E-state index contributed by atoms with van der Waals surface area (Å²) in [7, 11) is 0. The second-order valence-corrected chi connectivity index (χ2v) is 10.6. The molecule has 0 bridgehead atoms. The van der Waals surface area contributed by atoms with E-state index in [1.54, 1.807) is 12.1 Å². The van der Waals surface area contributed by atoms with Gasteiger partial charge in [-0.25, -0.2) is 4.39 Å². The van der Waals surface area contributed by atoms with Crippen molar-refractivity contribution in [1.82, 2.24) is 0 Å². The van der Waals surface area contributed by atoms with Crippen LogP contribution in [-0.2, 0) is 17.4 Å². The van der Waals surface area contributed by atoms with Gasteiger partial charge in [-0.2, -0.15) is 13.2 Å². The molecule has 0 aromatic heterocycles. The van der Waals surface area contributed by atoms with Crippen molar-refractivity contribution in [2.75, 3.05) is 5.32 Å². The number of carbonyl (C=O) groups excluding carboxylic acids is 2. The van der Waals surface area contributed by atoms with Gasteiger partial charge in [0.1, 0.15) is 10.2 Å². The second-order valence-electron chi connectivity index (χ2n) is 8.31. The van der Waals surface area contributed by atoms with Crippen LogP contribution in [0, 0.1) is 11.7 Å². The molecule has 1 amide bonds. The molecule has 1 saturated carbocycles. The van der Waals surface area contributed by atoms with Crippen LogP contribution in [0.15, 0.2) is 60.7 Å². The van der Waals surface area contributed by atoms with E-state index in [2.05, 4.69) is 5.32 Å². The van der Waals surface area contributed by atoms with Crippen molar-refractivity contribution in [3.8, 4) is 0 Å². The predicted octanol–water partition coefficient (Wildman–Crippen LogP) is 8.10. The van der Waals surface area contributed by atoms with E-state index in [-0.39, 0.29) is 5.69 Å². The summed E-state index contributed by atoms with van der Waals surface area (Å²) >= 11 is 24.7. The summed E-state index contributed by atoms with van der Waals surface area (Å²) in [5.74, 6) is -3.66. The molecule has 0 spiro atoms. The Morgan fingerprint density at radius 1 is 0.917 bits per heavy atom. The number of rotatable bonds is 6. The fourth-order valence-electron chi connectivity index (χ4n) is 4.03. The second kappa shape index (κ2) is 9.86. The van der Waals surface area contributed by atoms with Gasteiger partial charge in [0.15, 0.2) is 5.78 Å². The van der Waals surface area contributed by atoms with Crippen molar-refractivity contribution in [2.24, 2.45) is 5.92 Å². The van der Waals surface area contributed by atoms with Gasteiger partial charge < -0.3 is 5.32 Å². The van der Waals surface area contributed by atoms with Crippen molar-refractivity contribution in [3.63, 3.8) is 0 Å². The van der Waals surface area contributed by atoms with Gasteiger partial charge in [-0.15, -0.1) is 23.2 Å². The zero-order valence-corrected chi connectivity index (χ0v) is 21.0. The molecule has 3 aromatic rings. The van der Waals surface area contributed by atoms with Crippen LogP contribution in [0.2, 0.25) is 10.0 Å². The molecule has 1 fully saturated rings. The minimum atomic E-state index is -4.81. The number of ketones is 1. The summed E-state index contributed by atoms with van der Waals surface area (Å²) in [6.07, 6.45) is -5.21. The van der Waals surface area contributed by atoms with Crippen LogP contribution in [0.25, 0.3) is 0 Å². The number of Topliss-reactive ketones (excluding diaryl/α,β-unsaturated/α-hetero) is 1. The Balaban J connectivity index is 1.58. The zero-order valence-electron chi connectivity index (χ0n) is 18.0. The minimum Gasteiger partial charge on any atom is -0.326 e. The Morgan fingerprint density at radius 2 is 1.53 bits per heavy atom. The summed E-state index contributed by atoms with van der Waals surface area (Å²) in [6, 6.07) is 12.2. The molecule has 36 heavy (non-hydrogen) atoms. The number of carbonyl (C=O) groups is 2. The van der Waals surface area contributed by atoms with Crippen molar-refractivity contribution >= 4 is 63.8 Å². The SMILES string of the molecule is O=C(Cc1ccc(F)cc1)c1cc(NC(=O)C2C(c3cc(Cl)cc(Cl)c3)C2(Cl)Cl)ccc1C(F)(F)F. The normalized spacial score (nSPS) is 18.6. The number of nitrogens with one attached hydrogen (secondary N) is 1. The summed E-state index contributed by atoms with van der Waals surface area (Å²) in [6.45, 7) is 0. The molecule has 1 N–H and O–H groups in total. The van der Waals surface area contributed by atoms with Gasteiger partial charge in [-0.3, -0.25) is 9.59 Å². The highest BCUT2D eigenvalue weighted by molar-refractivity contribution is 6.53. The van der Waals surface area contributed by atoms with E-state index >= 15 is 0 Å². The third-order valence-corrected chi connectivity index (χ3v) is 7.13. The van der Waals surface area contributed by atoms with Crippen LogP contribution in [0.5, 0.6) is 0 Å². The maximum atomic E-state index is 13.6. The standard InChI is InChI=1S/C25H15Cl4F4NO2/c26-14-8-13(9-15(27)10-14)21-22(24(21,28)29)23(36)34-17-5-6-19(25(31,32)33)18(11-17)20(35)7-12-1-3-16(30)4-2-12/h1-6,8-11,21-22H,7H2,(H,34,36). The van der Waals surface area contributed by atoms with Gasteiger partial charge in [0.25, 0.3) is 0 Å². The van der Waals surface area contributed by atoms with E-state index in [9.17, 15) is 27.2 Å². The number of benzene rings is 3. The van der Waals surface area contributed by atoms with Crippen LogP contribution < -0.4 is 5.32 Å². The molecular weight excluding hydrogens is 564 g/mol. The Morgan fingerprint density at radius 3 is 2.11 bits per heavy atom. The Labute approximate surface area is 223 Å². The van der Waals surface area contributed by atoms with E-state index in [0.717, 1.165) is 24.3 Å². The van der Waals surface area contributed by atoms with E-state index < -0.39 is 57.4 Å². The highest BCUT2D eigenvalue weighted by atomic mass is 35.5. The van der Waals surface area contributed by atoms with Gasteiger partial charge in [0.2, 0.25) is 5.91 Å². The molecule has 4 rings (SSSR count). The first kappa shape index (κ1) is 26.7. The van der Waals surface area contributed by atoms with E-state index in [1.165, 1.54) is 18.2 Å². The lowest BCUT2D eigenvalue weighted by Gasteiger charge is -2.14. The Hall–Kier alpha value is -2.32. The maximum Gasteiger partial charge on any atom is 0.417 e. The first-order chi connectivity index (χ1) is 16.8. The molecule has 0 heterocycles. The highest BCUT2D eigenvalue weighted by Gasteiger charge is 2.67. The molecule has 3 nitrogen and oxygen atoms in total. The fourth-order valence-corrected chi connectivity index (χ4v) is 5.40. The number of halogens is 8. The molecule has 2 unspecified atom stereocenters. The summed E-state index contributed by atoms with van der Waals surface area (Å²) in [5, 5.41) is 3.13. The van der Waals surface area contributed by atoms with E-state index in [0.29, 0.717) is 27.2 Å². The zero-order chi connectivity index (χ0) is 26.4. The molecule has 11 heteroatoms. The summed E-state index contributed by atoms with van der Waals surface area (Å²) in [5.41, 5.74) is -0.982. The lowest BCUT2D eigenvalue weighted by Crippen LogP contribution is -2.19. The first-order valence-corrected chi connectivity index (χ1v) is 11.9. The molecule has 0 radical (unpaired) electrons. The third kappa shape index (κ3) is 5.65. The average molecular weight is 579 g/mol. The molecule has 188 valence electrons. The molecular formula is C25H15Cl4F4NO2. The maximum absolute atomic E-state index is 13.6. The monoisotopic (exact) mass is 577 g/mol. The van der Waals surface area contributed by atoms with Crippen molar-refractivity contribution < 1.29 is 27.2 Å². The van der Waals surface area contributed by atoms with Crippen LogP contribution in [0.1, 0.15) is 33.0 Å². The lowest BCUT2D eigenvalue weighted by atomic mass is 9.97. The number of anilines is 1. The number of amides is 1. The van der Waals surface area contributed by atoms with Crippen LogP contribution in [-0.4, -0.2) is 16.0 Å². The highest BCUT2D eigenvalue weighted by Crippen LogP contribution is 2.65. The van der Waals surface area contributed by atoms with E-state index in [4.69, 9.17) is 46.4 Å².